The van der Waals surface area contributed by atoms with E-state index < -0.39 is 23.0 Å². The van der Waals surface area contributed by atoms with Gasteiger partial charge in [0.25, 0.3) is 5.89 Å². The van der Waals surface area contributed by atoms with Gasteiger partial charge in [-0.2, -0.15) is 18.2 Å². The van der Waals surface area contributed by atoms with Crippen molar-refractivity contribution in [1.29, 1.82) is 0 Å². The maximum absolute atomic E-state index is 13.5. The normalized spacial score (nSPS) is 11.9. The molecule has 0 spiro atoms. The van der Waals surface area contributed by atoms with E-state index in [1.807, 2.05) is 0 Å². The maximum atomic E-state index is 13.5. The first-order chi connectivity index (χ1) is 13.2. The van der Waals surface area contributed by atoms with E-state index in [1.54, 1.807) is 11.6 Å². The molecule has 0 aliphatic rings. The molecule has 0 unspecified atom stereocenters. The lowest BCUT2D eigenvalue weighted by Gasteiger charge is -2.07. The molecule has 0 saturated heterocycles. The van der Waals surface area contributed by atoms with Gasteiger partial charge in [0.05, 0.1) is 11.1 Å². The molecule has 142 valence electrons. The minimum atomic E-state index is -4.45. The van der Waals surface area contributed by atoms with E-state index in [4.69, 9.17) is 4.52 Å². The van der Waals surface area contributed by atoms with Crippen LogP contribution in [0.25, 0.3) is 33.7 Å². The Hall–Kier alpha value is -3.49. The third-order valence-corrected chi connectivity index (χ3v) is 4.28. The predicted molar refractivity (Wildman–Crippen MR) is 92.9 cm³/mol. The molecule has 9 heteroatoms. The molecule has 2 aromatic heterocycles. The summed E-state index contributed by atoms with van der Waals surface area (Å²) < 4.78 is 58.3. The van der Waals surface area contributed by atoms with Crippen LogP contribution < -0.4 is 5.43 Å². The highest BCUT2D eigenvalue weighted by atomic mass is 19.4. The van der Waals surface area contributed by atoms with Crippen molar-refractivity contribution in [1.82, 2.24) is 14.7 Å². The monoisotopic (exact) mass is 389 g/mol. The number of halogens is 4. The van der Waals surface area contributed by atoms with Gasteiger partial charge >= 0.3 is 6.18 Å². The van der Waals surface area contributed by atoms with Crippen molar-refractivity contribution in [3.63, 3.8) is 0 Å². The number of benzene rings is 2. The largest absolute Gasteiger partial charge is 0.416 e. The molecule has 0 bridgehead atoms. The zero-order valence-electron chi connectivity index (χ0n) is 14.3. The van der Waals surface area contributed by atoms with Crippen LogP contribution in [-0.4, -0.2) is 14.7 Å². The first kappa shape index (κ1) is 17.9. The lowest BCUT2D eigenvalue weighted by atomic mass is 10.1. The number of pyridine rings is 1. The molecular formula is C19H11F4N3O2. The lowest BCUT2D eigenvalue weighted by molar-refractivity contribution is -0.137. The average molecular weight is 389 g/mol. The van der Waals surface area contributed by atoms with E-state index in [0.29, 0.717) is 11.1 Å². The molecule has 28 heavy (non-hydrogen) atoms. The summed E-state index contributed by atoms with van der Waals surface area (Å²) in [5, 5.41) is 3.88. The Labute approximate surface area is 154 Å². The number of nitrogens with zero attached hydrogens (tertiary/aromatic N) is 3. The van der Waals surface area contributed by atoms with E-state index in [9.17, 15) is 22.4 Å². The van der Waals surface area contributed by atoms with E-state index in [2.05, 4.69) is 10.1 Å². The number of hydrogen-bond donors (Lipinski definition) is 0. The molecule has 2 heterocycles. The summed E-state index contributed by atoms with van der Waals surface area (Å²) in [6.07, 6.45) is -2.97. The average Bonchev–Trinajstić information content (AvgIpc) is 3.14. The van der Waals surface area contributed by atoms with Crippen LogP contribution in [0.1, 0.15) is 5.56 Å². The van der Waals surface area contributed by atoms with E-state index in [1.165, 1.54) is 30.5 Å². The first-order valence-corrected chi connectivity index (χ1v) is 8.04. The van der Waals surface area contributed by atoms with E-state index in [0.717, 1.165) is 18.2 Å². The minimum absolute atomic E-state index is 0.0325. The number of fused-ring (bicyclic) bond motifs is 1. The summed E-state index contributed by atoms with van der Waals surface area (Å²) >= 11 is 0. The molecule has 4 aromatic rings. The molecule has 0 atom stereocenters. The van der Waals surface area contributed by atoms with Crippen molar-refractivity contribution in [3.05, 3.63) is 70.3 Å². The van der Waals surface area contributed by atoms with Gasteiger partial charge in [-0.15, -0.1) is 0 Å². The summed E-state index contributed by atoms with van der Waals surface area (Å²) in [4.78, 5) is 16.8. The smallest absolute Gasteiger partial charge is 0.350 e. The second-order valence-electron chi connectivity index (χ2n) is 6.14. The molecule has 0 radical (unpaired) electrons. The van der Waals surface area contributed by atoms with Crippen LogP contribution in [0, 0.1) is 5.82 Å². The van der Waals surface area contributed by atoms with Crippen LogP contribution in [-0.2, 0) is 13.2 Å². The maximum Gasteiger partial charge on any atom is 0.416 e. The fourth-order valence-electron chi connectivity index (χ4n) is 2.88. The molecule has 0 N–H and O–H groups in total. The zero-order chi connectivity index (χ0) is 20.1. The molecule has 4 rings (SSSR count). The van der Waals surface area contributed by atoms with Gasteiger partial charge in [0, 0.05) is 24.2 Å². The van der Waals surface area contributed by atoms with Gasteiger partial charge in [0.1, 0.15) is 11.4 Å². The van der Waals surface area contributed by atoms with Gasteiger partial charge in [0.2, 0.25) is 11.3 Å². The summed E-state index contributed by atoms with van der Waals surface area (Å²) in [6, 6.07) is 8.09. The number of alkyl halides is 3. The van der Waals surface area contributed by atoms with Crippen molar-refractivity contribution in [2.24, 2.45) is 7.05 Å². The molecule has 5 nitrogen and oxygen atoms in total. The lowest BCUT2D eigenvalue weighted by Crippen LogP contribution is -2.10. The van der Waals surface area contributed by atoms with Crippen LogP contribution in [0.5, 0.6) is 0 Å². The van der Waals surface area contributed by atoms with Gasteiger partial charge in [-0.25, -0.2) is 4.39 Å². The quantitative estimate of drug-likeness (QED) is 0.477. The highest BCUT2D eigenvalue weighted by Crippen LogP contribution is 2.30. The third kappa shape index (κ3) is 3.04. The first-order valence-electron chi connectivity index (χ1n) is 8.04. The number of hydrogen-bond acceptors (Lipinski definition) is 4. The molecule has 0 aliphatic carbocycles. The van der Waals surface area contributed by atoms with Gasteiger partial charge in [0.15, 0.2) is 0 Å². The summed E-state index contributed by atoms with van der Waals surface area (Å²) in [7, 11) is 1.68. The van der Waals surface area contributed by atoms with Crippen LogP contribution in [0.3, 0.4) is 0 Å². The fourth-order valence-corrected chi connectivity index (χ4v) is 2.88. The predicted octanol–water partition coefficient (Wildman–Crippen LogP) is 4.41. The van der Waals surface area contributed by atoms with E-state index in [-0.39, 0.29) is 22.7 Å². The molecule has 0 aliphatic heterocycles. The van der Waals surface area contributed by atoms with Crippen molar-refractivity contribution in [2.75, 3.05) is 0 Å². The van der Waals surface area contributed by atoms with Crippen molar-refractivity contribution < 1.29 is 22.1 Å². The van der Waals surface area contributed by atoms with Gasteiger partial charge in [-0.1, -0.05) is 17.3 Å². The summed E-state index contributed by atoms with van der Waals surface area (Å²) in [5.41, 5.74) is -0.406. The third-order valence-electron chi connectivity index (χ3n) is 4.28. The van der Waals surface area contributed by atoms with Crippen LogP contribution in [0.4, 0.5) is 17.6 Å². The van der Waals surface area contributed by atoms with Crippen LogP contribution >= 0.6 is 0 Å². The van der Waals surface area contributed by atoms with E-state index >= 15 is 0 Å². The summed E-state index contributed by atoms with van der Waals surface area (Å²) in [5.74, 6) is -0.635. The topological polar surface area (TPSA) is 60.9 Å². The van der Waals surface area contributed by atoms with Gasteiger partial charge in [-0.3, -0.25) is 4.79 Å². The van der Waals surface area contributed by atoms with Gasteiger partial charge < -0.3 is 9.09 Å². The van der Waals surface area contributed by atoms with Crippen molar-refractivity contribution in [3.8, 4) is 22.8 Å². The number of aromatic nitrogens is 3. The summed E-state index contributed by atoms with van der Waals surface area (Å²) in [6.45, 7) is 0. The van der Waals surface area contributed by atoms with Crippen LogP contribution in [0.15, 0.2) is 58.0 Å². The van der Waals surface area contributed by atoms with Crippen molar-refractivity contribution >= 4 is 10.9 Å². The Balaban J connectivity index is 1.78. The molecule has 0 saturated carbocycles. The molecule has 0 amide bonds. The Bertz CT molecular complexity index is 1240. The highest BCUT2D eigenvalue weighted by Gasteiger charge is 2.30. The number of rotatable bonds is 2. The minimum Gasteiger partial charge on any atom is -0.350 e. The second-order valence-corrected chi connectivity index (χ2v) is 6.14. The van der Waals surface area contributed by atoms with Crippen LogP contribution in [0.2, 0.25) is 0 Å². The highest BCUT2D eigenvalue weighted by molar-refractivity contribution is 5.82. The molecular weight excluding hydrogens is 378 g/mol. The second kappa shape index (κ2) is 6.29. The molecule has 0 fully saturated rings. The Morgan fingerprint density at radius 2 is 1.79 bits per heavy atom. The fraction of sp³-hybridized carbons (Fsp3) is 0.105. The zero-order valence-corrected chi connectivity index (χ0v) is 14.3. The van der Waals surface area contributed by atoms with Crippen molar-refractivity contribution in [2.45, 2.75) is 6.18 Å². The number of aryl methyl sites for hydroxylation is 1. The SMILES string of the molecule is Cn1cc(-c2nc(-c3ccc(C(F)(F)F)cc3)no2)c(=O)c2cc(F)ccc21. The standard InChI is InChI=1S/C19H11F4N3O2/c1-26-9-14(16(27)13-8-12(20)6-7-15(13)26)18-24-17(25-28-18)10-2-4-11(5-3-10)19(21,22)23/h2-9H,1H3. The Morgan fingerprint density at radius 3 is 2.46 bits per heavy atom. The Kier molecular flexibility index (Phi) is 4.02. The molecule has 2 aromatic carbocycles. The van der Waals surface area contributed by atoms with Gasteiger partial charge in [-0.05, 0) is 30.3 Å². The Morgan fingerprint density at radius 1 is 1.07 bits per heavy atom.